The van der Waals surface area contributed by atoms with Crippen LogP contribution in [-0.2, 0) is 0 Å². The van der Waals surface area contributed by atoms with Crippen LogP contribution in [0.1, 0.15) is 0 Å². The van der Waals surface area contributed by atoms with Gasteiger partial charge in [0.2, 0.25) is 0 Å². The van der Waals surface area contributed by atoms with Crippen LogP contribution < -0.4 is 5.32 Å². The summed E-state index contributed by atoms with van der Waals surface area (Å²) in [6, 6.07) is -2.29. The van der Waals surface area contributed by atoms with Crippen molar-refractivity contribution < 1.29 is 46.0 Å². The molecule has 0 aromatic heterocycles. The van der Waals surface area contributed by atoms with Crippen molar-refractivity contribution in [2.45, 2.75) is 54.8 Å². The molecule has 0 bridgehead atoms. The van der Waals surface area contributed by atoms with Gasteiger partial charge in [-0.25, -0.2) is 0 Å². The molecular formula is C14H25NO9. The molecule has 140 valence electrons. The minimum atomic E-state index is -1.64. The van der Waals surface area contributed by atoms with E-state index in [1.54, 1.807) is 0 Å². The van der Waals surface area contributed by atoms with Crippen LogP contribution in [0.2, 0.25) is 0 Å². The maximum atomic E-state index is 10.2. The fraction of sp³-hybridized carbons (Fsp3) is 0.857. The highest BCUT2D eigenvalue weighted by Crippen LogP contribution is 2.28. The molecule has 10 nitrogen and oxygen atoms in total. The van der Waals surface area contributed by atoms with Crippen molar-refractivity contribution in [3.05, 3.63) is 11.6 Å². The average Bonchev–Trinajstić information content (AvgIpc) is 2.57. The molecule has 0 heterocycles. The summed E-state index contributed by atoms with van der Waals surface area (Å²) in [6.45, 7) is -1.21. The van der Waals surface area contributed by atoms with E-state index in [1.807, 2.05) is 0 Å². The molecule has 0 saturated heterocycles. The number of aliphatic hydroxyl groups excluding tert-OH is 9. The van der Waals surface area contributed by atoms with E-state index in [9.17, 15) is 46.0 Å². The van der Waals surface area contributed by atoms with Gasteiger partial charge in [0.25, 0.3) is 0 Å². The highest BCUT2D eigenvalue weighted by molar-refractivity contribution is 5.22. The van der Waals surface area contributed by atoms with Gasteiger partial charge >= 0.3 is 0 Å². The number of hydrogen-bond donors (Lipinski definition) is 10. The van der Waals surface area contributed by atoms with Gasteiger partial charge in [-0.2, -0.15) is 0 Å². The second kappa shape index (κ2) is 7.70. The molecule has 0 unspecified atom stereocenters. The van der Waals surface area contributed by atoms with Crippen molar-refractivity contribution in [2.75, 3.05) is 13.2 Å². The highest BCUT2D eigenvalue weighted by atomic mass is 16.4. The van der Waals surface area contributed by atoms with E-state index in [0.717, 1.165) is 0 Å². The zero-order valence-electron chi connectivity index (χ0n) is 12.8. The van der Waals surface area contributed by atoms with Gasteiger partial charge in [-0.15, -0.1) is 0 Å². The molecule has 0 amide bonds. The van der Waals surface area contributed by atoms with E-state index >= 15 is 0 Å². The Bertz CT molecular complexity index is 462. The fourth-order valence-electron chi connectivity index (χ4n) is 3.31. The van der Waals surface area contributed by atoms with Crippen molar-refractivity contribution in [1.82, 2.24) is 5.32 Å². The summed E-state index contributed by atoms with van der Waals surface area (Å²) in [7, 11) is 0. The molecule has 0 aromatic carbocycles. The summed E-state index contributed by atoms with van der Waals surface area (Å²) in [6.07, 6.45) is -9.55. The van der Waals surface area contributed by atoms with Crippen molar-refractivity contribution in [3.63, 3.8) is 0 Å². The van der Waals surface area contributed by atoms with E-state index in [2.05, 4.69) is 5.32 Å². The number of nitrogens with one attached hydrogen (secondary N) is 1. The van der Waals surface area contributed by atoms with E-state index in [1.165, 1.54) is 6.08 Å². The van der Waals surface area contributed by atoms with Gasteiger partial charge in [0.05, 0.1) is 37.5 Å². The van der Waals surface area contributed by atoms with Crippen LogP contribution in [0.25, 0.3) is 0 Å². The SMILES string of the molecule is OCC1=C[C@@H](N[C@H]2[C@H](O)[C@@H](O)[C@H](O)[C@@H](CO)[C@H]2O)[C@@H](O)[C@H](O)[C@H]1O. The summed E-state index contributed by atoms with van der Waals surface area (Å²) < 4.78 is 0. The molecule has 24 heavy (non-hydrogen) atoms. The molecule has 2 aliphatic rings. The van der Waals surface area contributed by atoms with Crippen molar-refractivity contribution >= 4 is 0 Å². The largest absolute Gasteiger partial charge is 0.396 e. The third kappa shape index (κ3) is 3.35. The standard InChI is InChI=1S/C14H25NO9/c16-2-4-1-6(11(21)13(23)8(4)18)15-7-9(19)5(3-17)10(20)14(24)12(7)22/h1,5-24H,2-3H2/t5-,6+,7+,8-,9+,10+,11+,12-,13+,14-/m0/s1. The van der Waals surface area contributed by atoms with Crippen LogP contribution in [0.5, 0.6) is 0 Å². The molecule has 0 aromatic rings. The quantitative estimate of drug-likeness (QED) is 0.218. The van der Waals surface area contributed by atoms with Gasteiger partial charge in [-0.3, -0.25) is 0 Å². The van der Waals surface area contributed by atoms with E-state index in [4.69, 9.17) is 0 Å². The third-order valence-corrected chi connectivity index (χ3v) is 4.91. The smallest absolute Gasteiger partial charge is 0.111 e. The van der Waals surface area contributed by atoms with Gasteiger partial charge in [0.15, 0.2) is 0 Å². The first-order chi connectivity index (χ1) is 11.2. The molecule has 0 radical (unpaired) electrons. The summed E-state index contributed by atoms with van der Waals surface area (Å²) in [5.41, 5.74) is 0.0457. The third-order valence-electron chi connectivity index (χ3n) is 4.91. The Morgan fingerprint density at radius 3 is 1.92 bits per heavy atom. The van der Waals surface area contributed by atoms with Crippen LogP contribution in [0, 0.1) is 5.92 Å². The second-order valence-electron chi connectivity index (χ2n) is 6.35. The molecule has 1 saturated carbocycles. The zero-order valence-corrected chi connectivity index (χ0v) is 12.8. The van der Waals surface area contributed by atoms with Crippen LogP contribution in [0.15, 0.2) is 11.6 Å². The number of hydrogen-bond acceptors (Lipinski definition) is 10. The summed E-state index contributed by atoms with van der Waals surface area (Å²) in [5.74, 6) is -1.13. The first-order valence-electron chi connectivity index (χ1n) is 7.69. The predicted octanol–water partition coefficient (Wildman–Crippen LogP) is -5.61. The summed E-state index contributed by atoms with van der Waals surface area (Å²) in [5, 5.41) is 90.6. The maximum Gasteiger partial charge on any atom is 0.111 e. The Balaban J connectivity index is 2.23. The molecule has 10 atom stereocenters. The molecule has 10 N–H and O–H groups in total. The number of rotatable bonds is 4. The van der Waals surface area contributed by atoms with Gasteiger partial charge in [0, 0.05) is 5.92 Å². The lowest BCUT2D eigenvalue weighted by Crippen LogP contribution is -2.69. The predicted molar refractivity (Wildman–Crippen MR) is 78.5 cm³/mol. The van der Waals surface area contributed by atoms with Gasteiger partial charge in [0.1, 0.15) is 30.5 Å². The molecule has 2 rings (SSSR count). The zero-order chi connectivity index (χ0) is 18.2. The second-order valence-corrected chi connectivity index (χ2v) is 6.35. The van der Waals surface area contributed by atoms with Crippen molar-refractivity contribution in [1.29, 1.82) is 0 Å². The first-order valence-corrected chi connectivity index (χ1v) is 7.69. The minimum absolute atomic E-state index is 0.0457. The topological polar surface area (TPSA) is 194 Å². The van der Waals surface area contributed by atoms with Gasteiger partial charge < -0.3 is 51.3 Å². The van der Waals surface area contributed by atoms with E-state index in [0.29, 0.717) is 0 Å². The summed E-state index contributed by atoms with van der Waals surface area (Å²) in [4.78, 5) is 0. The Morgan fingerprint density at radius 2 is 1.38 bits per heavy atom. The highest BCUT2D eigenvalue weighted by Gasteiger charge is 2.50. The van der Waals surface area contributed by atoms with Crippen LogP contribution in [-0.4, -0.2) is 114 Å². The molecule has 0 spiro atoms. The Kier molecular flexibility index (Phi) is 6.31. The monoisotopic (exact) mass is 351 g/mol. The maximum absolute atomic E-state index is 10.2. The lowest BCUT2D eigenvalue weighted by molar-refractivity contribution is -0.176. The minimum Gasteiger partial charge on any atom is -0.396 e. The Labute approximate surface area is 137 Å². The Hall–Kier alpha value is -0.660. The van der Waals surface area contributed by atoms with Crippen LogP contribution >= 0.6 is 0 Å². The van der Waals surface area contributed by atoms with Crippen LogP contribution in [0.4, 0.5) is 0 Å². The Morgan fingerprint density at radius 1 is 0.750 bits per heavy atom. The van der Waals surface area contributed by atoms with Crippen molar-refractivity contribution in [3.8, 4) is 0 Å². The van der Waals surface area contributed by atoms with Crippen molar-refractivity contribution in [2.24, 2.45) is 5.92 Å². The van der Waals surface area contributed by atoms with E-state index < -0.39 is 73.9 Å². The van der Waals surface area contributed by atoms with Gasteiger partial charge in [-0.05, 0) is 5.57 Å². The molecule has 0 aliphatic heterocycles. The molecule has 1 fully saturated rings. The normalized spacial score (nSPS) is 49.8. The number of aliphatic hydroxyl groups is 9. The lowest BCUT2D eigenvalue weighted by Gasteiger charge is -2.46. The van der Waals surface area contributed by atoms with E-state index in [-0.39, 0.29) is 5.57 Å². The molecule has 2 aliphatic carbocycles. The summed E-state index contributed by atoms with van der Waals surface area (Å²) >= 11 is 0. The first kappa shape index (κ1) is 19.7. The van der Waals surface area contributed by atoms with Crippen LogP contribution in [0.3, 0.4) is 0 Å². The fourth-order valence-corrected chi connectivity index (χ4v) is 3.31. The van der Waals surface area contributed by atoms with Gasteiger partial charge in [-0.1, -0.05) is 6.08 Å². The average molecular weight is 351 g/mol. The lowest BCUT2D eigenvalue weighted by atomic mass is 9.76. The molecule has 10 heteroatoms. The molecular weight excluding hydrogens is 326 g/mol.